The van der Waals surface area contributed by atoms with E-state index in [1.807, 2.05) is 17.0 Å². The third kappa shape index (κ3) is 3.14. The molecule has 1 fully saturated rings. The molecule has 0 N–H and O–H groups in total. The largest absolute Gasteiger partial charge is 0.337 e. The van der Waals surface area contributed by atoms with Crippen LogP contribution in [0.2, 0.25) is 0 Å². The molecule has 4 nitrogen and oxygen atoms in total. The Hall–Kier alpha value is -2.62. The van der Waals surface area contributed by atoms with Gasteiger partial charge in [0.2, 0.25) is 5.91 Å². The summed E-state index contributed by atoms with van der Waals surface area (Å²) in [4.78, 5) is 19.6. The maximum atomic E-state index is 12.7. The van der Waals surface area contributed by atoms with Gasteiger partial charge in [-0.05, 0) is 45.4 Å². The maximum Gasteiger partial charge on any atom is 0.223 e. The van der Waals surface area contributed by atoms with Crippen LogP contribution < -0.4 is 0 Å². The monoisotopic (exact) mass is 361 g/mol. The number of hydrogen-bond acceptors (Lipinski definition) is 2. The average Bonchev–Trinajstić information content (AvgIpc) is 3.22. The normalized spacial score (nSPS) is 19.0. The van der Waals surface area contributed by atoms with Gasteiger partial charge in [0.05, 0.1) is 17.1 Å². The number of likely N-dealkylation sites (tertiary alicyclic amines) is 1. The number of carbonyl (C=O) groups is 1. The number of carbonyl (C=O) groups excluding carboxylic acids is 1. The number of amides is 1. The second-order valence-corrected chi connectivity index (χ2v) is 8.49. The molecular formula is C23H27N3O. The summed E-state index contributed by atoms with van der Waals surface area (Å²) in [5, 5.41) is 0. The van der Waals surface area contributed by atoms with Crippen LogP contribution in [0.15, 0.2) is 54.6 Å². The minimum Gasteiger partial charge on any atom is -0.337 e. The van der Waals surface area contributed by atoms with Gasteiger partial charge in [-0.2, -0.15) is 0 Å². The van der Waals surface area contributed by atoms with Crippen LogP contribution in [0.25, 0.3) is 11.0 Å². The third-order valence-electron chi connectivity index (χ3n) is 5.59. The Balaban J connectivity index is 1.81. The molecule has 3 aromatic rings. The lowest BCUT2D eigenvalue weighted by molar-refractivity contribution is -0.131. The van der Waals surface area contributed by atoms with E-state index >= 15 is 0 Å². The minimum absolute atomic E-state index is 0.121. The number of hydrogen-bond donors (Lipinski definition) is 0. The van der Waals surface area contributed by atoms with E-state index in [0.717, 1.165) is 23.4 Å². The number of rotatable bonds is 3. The molecule has 0 saturated carbocycles. The van der Waals surface area contributed by atoms with Crippen molar-refractivity contribution in [3.63, 3.8) is 0 Å². The van der Waals surface area contributed by atoms with Gasteiger partial charge in [0, 0.05) is 24.4 Å². The highest BCUT2D eigenvalue weighted by molar-refractivity contribution is 5.81. The van der Waals surface area contributed by atoms with Gasteiger partial charge in [0.1, 0.15) is 5.82 Å². The van der Waals surface area contributed by atoms with Crippen LogP contribution >= 0.6 is 0 Å². The number of benzene rings is 2. The molecule has 2 atom stereocenters. The first-order chi connectivity index (χ1) is 12.9. The topological polar surface area (TPSA) is 38.1 Å². The van der Waals surface area contributed by atoms with Gasteiger partial charge in [-0.15, -0.1) is 0 Å². The van der Waals surface area contributed by atoms with E-state index < -0.39 is 0 Å². The van der Waals surface area contributed by atoms with E-state index in [4.69, 9.17) is 4.98 Å². The van der Waals surface area contributed by atoms with Crippen molar-refractivity contribution in [1.29, 1.82) is 0 Å². The van der Waals surface area contributed by atoms with E-state index in [9.17, 15) is 4.79 Å². The molecule has 27 heavy (non-hydrogen) atoms. The predicted octanol–water partition coefficient (Wildman–Crippen LogP) is 4.76. The fourth-order valence-electron chi connectivity index (χ4n) is 4.17. The fraction of sp³-hybridized carbons (Fsp3) is 0.391. The first-order valence-electron chi connectivity index (χ1n) is 9.68. The van der Waals surface area contributed by atoms with Gasteiger partial charge in [0.15, 0.2) is 0 Å². The molecule has 4 heteroatoms. The molecular weight excluding hydrogens is 334 g/mol. The maximum absolute atomic E-state index is 12.7. The Kier molecular flexibility index (Phi) is 4.29. The molecule has 1 aliphatic rings. The number of aromatic nitrogens is 2. The molecule has 0 radical (unpaired) electrons. The zero-order valence-corrected chi connectivity index (χ0v) is 16.5. The third-order valence-corrected chi connectivity index (χ3v) is 5.59. The molecule has 1 aliphatic heterocycles. The summed E-state index contributed by atoms with van der Waals surface area (Å²) in [6.07, 6.45) is 0.530. The van der Waals surface area contributed by atoms with Crippen molar-refractivity contribution in [2.24, 2.45) is 0 Å². The zero-order chi connectivity index (χ0) is 19.2. The molecule has 0 aliphatic carbocycles. The SMILES string of the molecule is C[C@H](c1ccccc1)n1c([C@H]2CC(=O)N(C(C)(C)C)C2)nc2ccccc21. The summed E-state index contributed by atoms with van der Waals surface area (Å²) >= 11 is 0. The number of fused-ring (bicyclic) bond motifs is 1. The highest BCUT2D eigenvalue weighted by atomic mass is 16.2. The van der Waals surface area contributed by atoms with Crippen LogP contribution in [0.4, 0.5) is 0 Å². The van der Waals surface area contributed by atoms with Crippen LogP contribution in [0.3, 0.4) is 0 Å². The summed E-state index contributed by atoms with van der Waals surface area (Å²) in [6.45, 7) is 9.24. The van der Waals surface area contributed by atoms with Crippen LogP contribution in [-0.4, -0.2) is 32.4 Å². The summed E-state index contributed by atoms with van der Waals surface area (Å²) in [5.74, 6) is 1.36. The van der Waals surface area contributed by atoms with Crippen LogP contribution in [-0.2, 0) is 4.79 Å². The predicted molar refractivity (Wildman–Crippen MR) is 109 cm³/mol. The van der Waals surface area contributed by atoms with Gasteiger partial charge in [-0.1, -0.05) is 42.5 Å². The molecule has 2 heterocycles. The Morgan fingerprint density at radius 3 is 2.37 bits per heavy atom. The van der Waals surface area contributed by atoms with Crippen molar-refractivity contribution in [2.45, 2.75) is 51.6 Å². The first kappa shape index (κ1) is 17.8. The first-order valence-corrected chi connectivity index (χ1v) is 9.68. The van der Waals surface area contributed by atoms with Crippen molar-refractivity contribution in [3.8, 4) is 0 Å². The van der Waals surface area contributed by atoms with Crippen molar-refractivity contribution < 1.29 is 4.79 Å². The van der Waals surface area contributed by atoms with Gasteiger partial charge < -0.3 is 9.47 Å². The quantitative estimate of drug-likeness (QED) is 0.674. The van der Waals surface area contributed by atoms with E-state index in [2.05, 4.69) is 74.7 Å². The van der Waals surface area contributed by atoms with E-state index in [0.29, 0.717) is 6.42 Å². The molecule has 0 bridgehead atoms. The van der Waals surface area contributed by atoms with E-state index in [-0.39, 0.29) is 23.4 Å². The van der Waals surface area contributed by atoms with E-state index in [1.54, 1.807) is 0 Å². The molecule has 1 amide bonds. The number of imidazole rings is 1. The molecule has 2 aromatic carbocycles. The molecule has 140 valence electrons. The highest BCUT2D eigenvalue weighted by Crippen LogP contribution is 2.36. The average molecular weight is 361 g/mol. The summed E-state index contributed by atoms with van der Waals surface area (Å²) < 4.78 is 2.33. The van der Waals surface area contributed by atoms with Gasteiger partial charge >= 0.3 is 0 Å². The second-order valence-electron chi connectivity index (χ2n) is 8.49. The molecule has 4 rings (SSSR count). The lowest BCUT2D eigenvalue weighted by Crippen LogP contribution is -2.42. The van der Waals surface area contributed by atoms with Crippen molar-refractivity contribution in [2.75, 3.05) is 6.54 Å². The van der Waals surface area contributed by atoms with Gasteiger partial charge in [-0.25, -0.2) is 4.98 Å². The van der Waals surface area contributed by atoms with Crippen molar-refractivity contribution in [1.82, 2.24) is 14.5 Å². The smallest absolute Gasteiger partial charge is 0.223 e. The second kappa shape index (κ2) is 6.52. The Bertz CT molecular complexity index is 968. The van der Waals surface area contributed by atoms with Gasteiger partial charge in [-0.3, -0.25) is 4.79 Å². The Morgan fingerprint density at radius 1 is 1.04 bits per heavy atom. The van der Waals surface area contributed by atoms with Crippen LogP contribution in [0.5, 0.6) is 0 Å². The zero-order valence-electron chi connectivity index (χ0n) is 16.5. The number of nitrogens with zero attached hydrogens (tertiary/aromatic N) is 3. The Morgan fingerprint density at radius 2 is 1.70 bits per heavy atom. The summed E-state index contributed by atoms with van der Waals surface area (Å²) in [5.41, 5.74) is 3.22. The van der Waals surface area contributed by atoms with E-state index in [1.165, 1.54) is 5.56 Å². The standard InChI is InChI=1S/C23H27N3O/c1-16(17-10-6-5-7-11-17)26-20-13-9-8-12-19(20)24-22(26)18-14-21(27)25(15-18)23(2,3)4/h5-13,16,18H,14-15H2,1-4H3/t16-,18+/m1/s1. The molecule has 0 unspecified atom stereocenters. The molecule has 1 saturated heterocycles. The highest BCUT2D eigenvalue weighted by Gasteiger charge is 2.39. The van der Waals surface area contributed by atoms with Crippen molar-refractivity contribution >= 4 is 16.9 Å². The van der Waals surface area contributed by atoms with Crippen LogP contribution in [0, 0.1) is 0 Å². The number of para-hydroxylation sites is 2. The fourth-order valence-corrected chi connectivity index (χ4v) is 4.17. The van der Waals surface area contributed by atoms with Crippen molar-refractivity contribution in [3.05, 3.63) is 66.0 Å². The minimum atomic E-state index is -0.159. The Labute approximate surface area is 160 Å². The summed E-state index contributed by atoms with van der Waals surface area (Å²) in [6, 6.07) is 18.9. The van der Waals surface area contributed by atoms with Gasteiger partial charge in [0.25, 0.3) is 0 Å². The lowest BCUT2D eigenvalue weighted by Gasteiger charge is -2.32. The summed E-state index contributed by atoms with van der Waals surface area (Å²) in [7, 11) is 0. The van der Waals surface area contributed by atoms with Crippen LogP contribution in [0.1, 0.15) is 57.5 Å². The molecule has 1 aromatic heterocycles. The molecule has 0 spiro atoms. The lowest BCUT2D eigenvalue weighted by atomic mass is 10.0.